The molecule has 5 nitrogen and oxygen atoms in total. The average molecular weight is 337 g/mol. The van der Waals surface area contributed by atoms with Crippen molar-refractivity contribution in [2.45, 2.75) is 30.3 Å². The summed E-state index contributed by atoms with van der Waals surface area (Å²) in [6.07, 6.45) is 1.75. The quantitative estimate of drug-likeness (QED) is 0.879. The van der Waals surface area contributed by atoms with Crippen LogP contribution in [-0.4, -0.2) is 29.8 Å². The Balaban J connectivity index is 1.90. The molecule has 0 bridgehead atoms. The number of aromatic carboxylic acids is 1. The molecule has 1 aliphatic rings. The van der Waals surface area contributed by atoms with Gasteiger partial charge in [-0.1, -0.05) is 6.07 Å². The SMILES string of the molecule is O=C(O)c1ccc(S(=O)(=O)N(Cc2cccs2)C2CC2)cc1. The molecule has 1 saturated carbocycles. The molecular formula is C15H15NO4S2. The second kappa shape index (κ2) is 5.83. The van der Waals surface area contributed by atoms with E-state index in [-0.39, 0.29) is 16.5 Å². The summed E-state index contributed by atoms with van der Waals surface area (Å²) in [5.74, 6) is -1.07. The van der Waals surface area contributed by atoms with Gasteiger partial charge in [0.25, 0.3) is 0 Å². The van der Waals surface area contributed by atoms with Gasteiger partial charge in [-0.05, 0) is 48.6 Å². The fraction of sp³-hybridized carbons (Fsp3) is 0.267. The number of hydrogen-bond acceptors (Lipinski definition) is 4. The number of thiophene rings is 1. The van der Waals surface area contributed by atoms with Gasteiger partial charge < -0.3 is 5.11 Å². The van der Waals surface area contributed by atoms with Gasteiger partial charge in [0.05, 0.1) is 10.5 Å². The highest BCUT2D eigenvalue weighted by Gasteiger charge is 2.38. The summed E-state index contributed by atoms with van der Waals surface area (Å²) in [6, 6.07) is 9.25. The Hall–Kier alpha value is -1.70. The lowest BCUT2D eigenvalue weighted by Crippen LogP contribution is -2.32. The second-order valence-corrected chi connectivity index (χ2v) is 8.11. The van der Waals surface area contributed by atoms with Crippen molar-refractivity contribution in [3.8, 4) is 0 Å². The Kier molecular flexibility index (Phi) is 4.03. The van der Waals surface area contributed by atoms with Crippen LogP contribution >= 0.6 is 11.3 Å². The van der Waals surface area contributed by atoms with Gasteiger partial charge in [-0.15, -0.1) is 11.3 Å². The van der Waals surface area contributed by atoms with Crippen LogP contribution in [0.4, 0.5) is 0 Å². The first-order chi connectivity index (χ1) is 10.5. The standard InChI is InChI=1S/C15H15NO4S2/c17-15(18)11-3-7-14(8-4-11)22(19,20)16(12-5-6-12)10-13-2-1-9-21-13/h1-4,7-9,12H,5-6,10H2,(H,17,18). The van der Waals surface area contributed by atoms with E-state index in [1.807, 2.05) is 17.5 Å². The molecule has 1 fully saturated rings. The Morgan fingerprint density at radius 3 is 2.41 bits per heavy atom. The predicted molar refractivity (Wildman–Crippen MR) is 83.5 cm³/mol. The van der Waals surface area contributed by atoms with Crippen LogP contribution in [0.25, 0.3) is 0 Å². The van der Waals surface area contributed by atoms with Crippen molar-refractivity contribution in [1.82, 2.24) is 4.31 Å². The van der Waals surface area contributed by atoms with Crippen molar-refractivity contribution in [3.63, 3.8) is 0 Å². The second-order valence-electron chi connectivity index (χ2n) is 5.19. The molecule has 1 aliphatic carbocycles. The summed E-state index contributed by atoms with van der Waals surface area (Å²) in [5.41, 5.74) is 0.0789. The smallest absolute Gasteiger partial charge is 0.335 e. The average Bonchev–Trinajstić information content (AvgIpc) is 3.20. The number of benzene rings is 1. The molecule has 0 spiro atoms. The zero-order valence-electron chi connectivity index (χ0n) is 11.7. The number of sulfonamides is 1. The van der Waals surface area contributed by atoms with Crippen molar-refractivity contribution in [2.75, 3.05) is 0 Å². The van der Waals surface area contributed by atoms with Crippen molar-refractivity contribution in [1.29, 1.82) is 0 Å². The maximum absolute atomic E-state index is 12.8. The number of rotatable bonds is 6. The fourth-order valence-corrected chi connectivity index (χ4v) is 4.68. The van der Waals surface area contributed by atoms with Crippen molar-refractivity contribution in [2.24, 2.45) is 0 Å². The highest BCUT2D eigenvalue weighted by molar-refractivity contribution is 7.89. The topological polar surface area (TPSA) is 74.7 Å². The number of hydrogen-bond donors (Lipinski definition) is 1. The first kappa shape index (κ1) is 15.2. The van der Waals surface area contributed by atoms with Gasteiger partial charge in [0, 0.05) is 17.5 Å². The van der Waals surface area contributed by atoms with Gasteiger partial charge in [0.1, 0.15) is 0 Å². The molecule has 0 radical (unpaired) electrons. The summed E-state index contributed by atoms with van der Waals surface area (Å²) in [7, 11) is -3.61. The molecule has 22 heavy (non-hydrogen) atoms. The largest absolute Gasteiger partial charge is 0.478 e. The number of carboxylic acids is 1. The van der Waals surface area contributed by atoms with E-state index in [2.05, 4.69) is 0 Å². The molecule has 0 saturated heterocycles. The minimum Gasteiger partial charge on any atom is -0.478 e. The first-order valence-electron chi connectivity index (χ1n) is 6.86. The summed E-state index contributed by atoms with van der Waals surface area (Å²) >= 11 is 1.53. The van der Waals surface area contributed by atoms with Gasteiger partial charge in [-0.25, -0.2) is 13.2 Å². The molecule has 1 heterocycles. The molecular weight excluding hydrogens is 322 g/mol. The monoisotopic (exact) mass is 337 g/mol. The molecule has 0 atom stereocenters. The normalized spacial score (nSPS) is 15.1. The van der Waals surface area contributed by atoms with E-state index in [0.717, 1.165) is 17.7 Å². The molecule has 0 unspecified atom stereocenters. The van der Waals surface area contributed by atoms with E-state index >= 15 is 0 Å². The van der Waals surface area contributed by atoms with Crippen LogP contribution in [0.2, 0.25) is 0 Å². The Bertz CT molecular complexity index is 762. The zero-order valence-corrected chi connectivity index (χ0v) is 13.3. The Morgan fingerprint density at radius 1 is 1.23 bits per heavy atom. The highest BCUT2D eigenvalue weighted by Crippen LogP contribution is 2.34. The third kappa shape index (κ3) is 3.06. The fourth-order valence-electron chi connectivity index (χ4n) is 2.23. The zero-order chi connectivity index (χ0) is 15.7. The van der Waals surface area contributed by atoms with E-state index in [1.54, 1.807) is 0 Å². The minimum atomic E-state index is -3.61. The van der Waals surface area contributed by atoms with Crippen LogP contribution in [-0.2, 0) is 16.6 Å². The first-order valence-corrected chi connectivity index (χ1v) is 9.18. The molecule has 1 aromatic carbocycles. The van der Waals surface area contributed by atoms with Gasteiger partial charge in [-0.3, -0.25) is 0 Å². The summed E-state index contributed by atoms with van der Waals surface area (Å²) in [5, 5.41) is 10.8. The van der Waals surface area contributed by atoms with Crippen molar-refractivity contribution < 1.29 is 18.3 Å². The van der Waals surface area contributed by atoms with E-state index in [9.17, 15) is 13.2 Å². The molecule has 116 valence electrons. The van der Waals surface area contributed by atoms with E-state index in [1.165, 1.54) is 39.9 Å². The van der Waals surface area contributed by atoms with Gasteiger partial charge in [0.2, 0.25) is 10.0 Å². The Morgan fingerprint density at radius 2 is 1.91 bits per heavy atom. The summed E-state index contributed by atoms with van der Waals surface area (Å²) < 4.78 is 27.1. The summed E-state index contributed by atoms with van der Waals surface area (Å²) in [4.78, 5) is 12.0. The van der Waals surface area contributed by atoms with E-state index in [4.69, 9.17) is 5.11 Å². The third-order valence-corrected chi connectivity index (χ3v) is 6.33. The van der Waals surface area contributed by atoms with Crippen molar-refractivity contribution in [3.05, 3.63) is 52.2 Å². The molecule has 0 amide bonds. The predicted octanol–water partition coefficient (Wildman–Crippen LogP) is 2.80. The molecule has 0 aliphatic heterocycles. The van der Waals surface area contributed by atoms with Gasteiger partial charge >= 0.3 is 5.97 Å². The molecule has 1 aromatic heterocycles. The minimum absolute atomic E-state index is 0.0475. The van der Waals surface area contributed by atoms with Crippen LogP contribution in [0.1, 0.15) is 28.1 Å². The van der Waals surface area contributed by atoms with Crippen LogP contribution < -0.4 is 0 Å². The van der Waals surface area contributed by atoms with Crippen molar-refractivity contribution >= 4 is 27.3 Å². The maximum atomic E-state index is 12.8. The van der Waals surface area contributed by atoms with Crippen LogP contribution in [0, 0.1) is 0 Å². The van der Waals surface area contributed by atoms with Gasteiger partial charge in [0.15, 0.2) is 0 Å². The maximum Gasteiger partial charge on any atom is 0.335 e. The van der Waals surface area contributed by atoms with Gasteiger partial charge in [-0.2, -0.15) is 4.31 Å². The van der Waals surface area contributed by atoms with Crippen LogP contribution in [0.5, 0.6) is 0 Å². The lowest BCUT2D eigenvalue weighted by molar-refractivity contribution is 0.0696. The summed E-state index contributed by atoms with van der Waals surface area (Å²) in [6.45, 7) is 0.366. The Labute approximate surface area is 132 Å². The molecule has 2 aromatic rings. The van der Waals surface area contributed by atoms with E-state index in [0.29, 0.717) is 6.54 Å². The third-order valence-electron chi connectivity index (χ3n) is 3.55. The number of carbonyl (C=O) groups is 1. The van der Waals surface area contributed by atoms with Crippen LogP contribution in [0.3, 0.4) is 0 Å². The number of carboxylic acid groups (broad SMARTS) is 1. The molecule has 7 heteroatoms. The highest BCUT2D eigenvalue weighted by atomic mass is 32.2. The lowest BCUT2D eigenvalue weighted by Gasteiger charge is -2.21. The number of nitrogens with zero attached hydrogens (tertiary/aromatic N) is 1. The molecule has 3 rings (SSSR count). The molecule has 1 N–H and O–H groups in total. The lowest BCUT2D eigenvalue weighted by atomic mass is 10.2. The van der Waals surface area contributed by atoms with Crippen LogP contribution in [0.15, 0.2) is 46.7 Å². The van der Waals surface area contributed by atoms with E-state index < -0.39 is 16.0 Å².